The van der Waals surface area contributed by atoms with Gasteiger partial charge in [0.1, 0.15) is 6.61 Å². The zero-order chi connectivity index (χ0) is 16.8. The average Bonchev–Trinajstić information content (AvgIpc) is 3.03. The highest BCUT2D eigenvalue weighted by Crippen LogP contribution is 2.28. The minimum atomic E-state index is -0.373. The van der Waals surface area contributed by atoms with Gasteiger partial charge < -0.3 is 9.64 Å². The summed E-state index contributed by atoms with van der Waals surface area (Å²) in [6.07, 6.45) is 0.457. The summed E-state index contributed by atoms with van der Waals surface area (Å²) in [6, 6.07) is 9.54. The summed E-state index contributed by atoms with van der Waals surface area (Å²) in [4.78, 5) is 31.1. The molecule has 2 rings (SSSR count). The Morgan fingerprint density at radius 1 is 1.26 bits per heavy atom. The first kappa shape index (κ1) is 17.3. The topological polar surface area (TPSA) is 59.1 Å². The molecule has 1 aliphatic rings. The van der Waals surface area contributed by atoms with Crippen LogP contribution in [0.4, 0.5) is 4.79 Å². The van der Waals surface area contributed by atoms with Crippen LogP contribution < -0.4 is 0 Å². The second kappa shape index (κ2) is 7.97. The van der Waals surface area contributed by atoms with E-state index in [1.165, 1.54) is 12.2 Å². The molecule has 0 bridgehead atoms. The predicted molar refractivity (Wildman–Crippen MR) is 85.3 cm³/mol. The van der Waals surface area contributed by atoms with E-state index in [0.29, 0.717) is 13.1 Å². The van der Waals surface area contributed by atoms with E-state index in [4.69, 9.17) is 9.57 Å². The van der Waals surface area contributed by atoms with E-state index in [9.17, 15) is 9.59 Å². The molecular formula is C17H24N2O4. The molecule has 6 heteroatoms. The molecule has 1 fully saturated rings. The fourth-order valence-electron chi connectivity index (χ4n) is 2.85. The van der Waals surface area contributed by atoms with E-state index in [0.717, 1.165) is 12.0 Å². The van der Waals surface area contributed by atoms with Crippen LogP contribution in [0.3, 0.4) is 0 Å². The maximum absolute atomic E-state index is 12.3. The van der Waals surface area contributed by atoms with Crippen molar-refractivity contribution >= 4 is 12.0 Å². The summed E-state index contributed by atoms with van der Waals surface area (Å²) in [6.45, 7) is 3.18. The monoisotopic (exact) mass is 320 g/mol. The number of nitrogens with zero attached hydrogens (tertiary/aromatic N) is 2. The maximum atomic E-state index is 12.3. The van der Waals surface area contributed by atoms with Gasteiger partial charge in [-0.05, 0) is 11.5 Å². The molecule has 0 radical (unpaired) electrons. The maximum Gasteiger partial charge on any atom is 0.410 e. The number of hydrogen-bond acceptors (Lipinski definition) is 4. The molecule has 0 N–H and O–H groups in total. The number of hydrogen-bond donors (Lipinski definition) is 0. The third kappa shape index (κ3) is 4.22. The normalized spacial score (nSPS) is 20.4. The molecule has 1 heterocycles. The Labute approximate surface area is 136 Å². The number of likely N-dealkylation sites (tertiary alicyclic amines) is 1. The Bertz CT molecular complexity index is 535. The molecule has 0 aliphatic carbocycles. The van der Waals surface area contributed by atoms with Crippen LogP contribution in [-0.4, -0.2) is 49.2 Å². The lowest BCUT2D eigenvalue weighted by Gasteiger charge is -2.21. The van der Waals surface area contributed by atoms with Crippen LogP contribution in [0.5, 0.6) is 0 Å². The Kier molecular flexibility index (Phi) is 5.98. The van der Waals surface area contributed by atoms with E-state index in [1.54, 1.807) is 11.9 Å². The number of amides is 2. The number of hydroxylamine groups is 2. The summed E-state index contributed by atoms with van der Waals surface area (Å²) < 4.78 is 5.35. The Balaban J connectivity index is 1.93. The lowest BCUT2D eigenvalue weighted by atomic mass is 9.93. The van der Waals surface area contributed by atoms with Crippen LogP contribution in [0, 0.1) is 11.8 Å². The minimum absolute atomic E-state index is 0.0993. The van der Waals surface area contributed by atoms with Gasteiger partial charge in [0.2, 0.25) is 0 Å². The first-order valence-electron chi connectivity index (χ1n) is 7.84. The zero-order valence-electron chi connectivity index (χ0n) is 13.9. The first-order chi connectivity index (χ1) is 11.1. The molecule has 0 spiro atoms. The van der Waals surface area contributed by atoms with Gasteiger partial charge in [-0.3, -0.25) is 9.63 Å². The van der Waals surface area contributed by atoms with Gasteiger partial charge in [0, 0.05) is 20.1 Å². The third-order valence-corrected chi connectivity index (χ3v) is 4.33. The van der Waals surface area contributed by atoms with Crippen molar-refractivity contribution in [3.05, 3.63) is 35.9 Å². The fraction of sp³-hybridized carbons (Fsp3) is 0.529. The van der Waals surface area contributed by atoms with Crippen molar-refractivity contribution in [3.8, 4) is 0 Å². The van der Waals surface area contributed by atoms with Crippen LogP contribution in [0.25, 0.3) is 0 Å². The van der Waals surface area contributed by atoms with Gasteiger partial charge in [0.25, 0.3) is 5.91 Å². The molecule has 1 aromatic carbocycles. The summed E-state index contributed by atoms with van der Waals surface area (Å²) in [5, 5.41) is 1.23. The van der Waals surface area contributed by atoms with Gasteiger partial charge in [-0.1, -0.05) is 43.7 Å². The van der Waals surface area contributed by atoms with Crippen LogP contribution in [0.1, 0.15) is 18.9 Å². The Morgan fingerprint density at radius 2 is 1.96 bits per heavy atom. The molecule has 126 valence electrons. The highest BCUT2D eigenvalue weighted by Gasteiger charge is 2.40. The predicted octanol–water partition coefficient (Wildman–Crippen LogP) is 2.30. The third-order valence-electron chi connectivity index (χ3n) is 4.33. The SMILES string of the molecule is CCC1CN(C(=O)OCc2ccccc2)CC1C(=O)N(C)OC. The lowest BCUT2D eigenvalue weighted by molar-refractivity contribution is -0.174. The van der Waals surface area contributed by atoms with E-state index in [-0.39, 0.29) is 30.4 Å². The van der Waals surface area contributed by atoms with Crippen molar-refractivity contribution < 1.29 is 19.2 Å². The Hall–Kier alpha value is -2.08. The molecule has 0 saturated carbocycles. The average molecular weight is 320 g/mol. The van der Waals surface area contributed by atoms with E-state index in [2.05, 4.69) is 0 Å². The number of carbonyl (C=O) groups is 2. The molecule has 2 atom stereocenters. The van der Waals surface area contributed by atoms with Crippen LogP contribution in [-0.2, 0) is 21.0 Å². The summed E-state index contributed by atoms with van der Waals surface area (Å²) in [5.74, 6) is -0.212. The van der Waals surface area contributed by atoms with E-state index in [1.807, 2.05) is 37.3 Å². The van der Waals surface area contributed by atoms with Crippen molar-refractivity contribution in [1.29, 1.82) is 0 Å². The van der Waals surface area contributed by atoms with Crippen molar-refractivity contribution in [1.82, 2.24) is 9.96 Å². The van der Waals surface area contributed by atoms with Crippen molar-refractivity contribution in [2.45, 2.75) is 20.0 Å². The summed E-state index contributed by atoms with van der Waals surface area (Å²) >= 11 is 0. The minimum Gasteiger partial charge on any atom is -0.445 e. The van der Waals surface area contributed by atoms with Crippen molar-refractivity contribution in [3.63, 3.8) is 0 Å². The first-order valence-corrected chi connectivity index (χ1v) is 7.84. The van der Waals surface area contributed by atoms with Gasteiger partial charge in [0.05, 0.1) is 13.0 Å². The van der Waals surface area contributed by atoms with Crippen LogP contribution in [0.2, 0.25) is 0 Å². The fourth-order valence-corrected chi connectivity index (χ4v) is 2.85. The van der Waals surface area contributed by atoms with Crippen molar-refractivity contribution in [2.24, 2.45) is 11.8 Å². The highest BCUT2D eigenvalue weighted by molar-refractivity contribution is 5.80. The molecule has 2 amide bonds. The van der Waals surface area contributed by atoms with Gasteiger partial charge in [-0.15, -0.1) is 0 Å². The van der Waals surface area contributed by atoms with Crippen LogP contribution in [0.15, 0.2) is 30.3 Å². The lowest BCUT2D eigenvalue weighted by Crippen LogP contribution is -2.36. The number of carbonyl (C=O) groups excluding carboxylic acids is 2. The molecule has 1 aromatic rings. The standard InChI is InChI=1S/C17H24N2O4/c1-4-14-10-19(11-15(14)16(20)18(2)22-3)17(21)23-12-13-8-6-5-7-9-13/h5-9,14-15H,4,10-12H2,1-3H3. The number of ether oxygens (including phenoxy) is 1. The largest absolute Gasteiger partial charge is 0.445 e. The molecule has 1 aliphatic heterocycles. The van der Waals surface area contributed by atoms with Gasteiger partial charge >= 0.3 is 6.09 Å². The number of benzene rings is 1. The summed E-state index contributed by atoms with van der Waals surface area (Å²) in [7, 11) is 3.05. The number of rotatable bonds is 5. The second-order valence-corrected chi connectivity index (χ2v) is 5.74. The molecule has 0 aromatic heterocycles. The van der Waals surface area contributed by atoms with E-state index >= 15 is 0 Å². The van der Waals surface area contributed by atoms with Gasteiger partial charge in [0.15, 0.2) is 0 Å². The highest BCUT2D eigenvalue weighted by atomic mass is 16.7. The van der Waals surface area contributed by atoms with Crippen molar-refractivity contribution in [2.75, 3.05) is 27.2 Å². The quantitative estimate of drug-likeness (QED) is 0.781. The smallest absolute Gasteiger partial charge is 0.410 e. The van der Waals surface area contributed by atoms with Gasteiger partial charge in [-0.2, -0.15) is 0 Å². The molecule has 2 unspecified atom stereocenters. The second-order valence-electron chi connectivity index (χ2n) is 5.74. The zero-order valence-corrected chi connectivity index (χ0v) is 13.9. The van der Waals surface area contributed by atoms with Crippen LogP contribution >= 0.6 is 0 Å². The molecule has 1 saturated heterocycles. The Morgan fingerprint density at radius 3 is 2.57 bits per heavy atom. The molecular weight excluding hydrogens is 296 g/mol. The molecule has 23 heavy (non-hydrogen) atoms. The van der Waals surface area contributed by atoms with E-state index < -0.39 is 0 Å². The molecule has 6 nitrogen and oxygen atoms in total. The summed E-state index contributed by atoms with van der Waals surface area (Å²) in [5.41, 5.74) is 0.943. The van der Waals surface area contributed by atoms with Gasteiger partial charge in [-0.25, -0.2) is 9.86 Å².